The third kappa shape index (κ3) is 4.53. The van der Waals surface area contributed by atoms with Gasteiger partial charge in [0.25, 0.3) is 5.56 Å². The first kappa shape index (κ1) is 23.1. The van der Waals surface area contributed by atoms with Crippen molar-refractivity contribution in [2.24, 2.45) is 7.05 Å². The summed E-state index contributed by atoms with van der Waals surface area (Å²) in [4.78, 5) is 38.7. The summed E-state index contributed by atoms with van der Waals surface area (Å²) in [5.41, 5.74) is 1.11. The molecule has 166 valence electrons. The van der Waals surface area contributed by atoms with E-state index in [4.69, 9.17) is 39.5 Å². The maximum absolute atomic E-state index is 13.2. The summed E-state index contributed by atoms with van der Waals surface area (Å²) in [7, 11) is 1.49. The largest absolute Gasteiger partial charge is 0.453 e. The van der Waals surface area contributed by atoms with Crippen LogP contribution in [0.4, 0.5) is 0 Å². The number of rotatable bonds is 5. The van der Waals surface area contributed by atoms with Gasteiger partial charge in [-0.3, -0.25) is 9.59 Å². The number of Topliss-reactive ketones (excluding diaryl/α,β-unsaturated/α-hetero) is 1. The van der Waals surface area contributed by atoms with Gasteiger partial charge in [0.05, 0.1) is 10.0 Å². The number of ketones is 1. The Morgan fingerprint density at radius 1 is 0.879 bits per heavy atom. The Labute approximate surface area is 204 Å². The summed E-state index contributed by atoms with van der Waals surface area (Å²) in [6.45, 7) is -0.530. The number of pyridine rings is 1. The first-order valence-electron chi connectivity index (χ1n) is 9.81. The van der Waals surface area contributed by atoms with E-state index < -0.39 is 18.4 Å². The van der Waals surface area contributed by atoms with E-state index in [1.807, 2.05) is 0 Å². The summed E-state index contributed by atoms with van der Waals surface area (Å²) in [6, 6.07) is 18.3. The fourth-order valence-corrected chi connectivity index (χ4v) is 3.99. The van der Waals surface area contributed by atoms with Crippen LogP contribution in [-0.4, -0.2) is 22.9 Å². The topological polar surface area (TPSA) is 65.4 Å². The summed E-state index contributed by atoms with van der Waals surface area (Å²) in [6.07, 6.45) is 0. The second kappa shape index (κ2) is 9.40. The van der Waals surface area contributed by atoms with Gasteiger partial charge in [-0.1, -0.05) is 65.1 Å². The fraction of sp³-hybridized carbons (Fsp3) is 0.0800. The number of hydrogen-bond donors (Lipinski definition) is 0. The standard InChI is InChI=1S/C25H16Cl3NO4/c1-29-23(25(32)33-13-21(30)15-8-11-19(27)20(28)12-15)22(14-6-9-16(26)10-7-14)17-4-2-3-5-18(17)24(29)31/h2-12H,13H2,1H3. The molecule has 1 aromatic heterocycles. The van der Waals surface area contributed by atoms with E-state index in [1.165, 1.54) is 29.8 Å². The van der Waals surface area contributed by atoms with Crippen molar-refractivity contribution >= 4 is 57.3 Å². The molecule has 4 rings (SSSR count). The van der Waals surface area contributed by atoms with Gasteiger partial charge in [-0.05, 0) is 47.3 Å². The molecule has 0 N–H and O–H groups in total. The molecule has 0 amide bonds. The van der Waals surface area contributed by atoms with Crippen LogP contribution in [0.15, 0.2) is 71.5 Å². The van der Waals surface area contributed by atoms with Crippen LogP contribution in [0.25, 0.3) is 21.9 Å². The molecule has 0 saturated heterocycles. The highest BCUT2D eigenvalue weighted by Crippen LogP contribution is 2.32. The molecule has 8 heteroatoms. The molecule has 0 aliphatic carbocycles. The molecule has 0 unspecified atom stereocenters. The summed E-state index contributed by atoms with van der Waals surface area (Å²) >= 11 is 17.9. The number of nitrogens with zero attached hydrogens (tertiary/aromatic N) is 1. The van der Waals surface area contributed by atoms with E-state index in [1.54, 1.807) is 48.5 Å². The number of esters is 1. The van der Waals surface area contributed by atoms with Gasteiger partial charge in [0.15, 0.2) is 12.4 Å². The zero-order valence-electron chi connectivity index (χ0n) is 17.3. The smallest absolute Gasteiger partial charge is 0.356 e. The first-order chi connectivity index (χ1) is 15.8. The van der Waals surface area contributed by atoms with E-state index >= 15 is 0 Å². The van der Waals surface area contributed by atoms with Crippen molar-refractivity contribution in [1.82, 2.24) is 4.57 Å². The Balaban J connectivity index is 1.77. The van der Waals surface area contributed by atoms with E-state index in [0.29, 0.717) is 31.9 Å². The van der Waals surface area contributed by atoms with Gasteiger partial charge in [-0.2, -0.15) is 0 Å². The minimum atomic E-state index is -0.807. The third-order valence-corrected chi connectivity index (χ3v) is 6.20. The minimum Gasteiger partial charge on any atom is -0.453 e. The molecule has 0 radical (unpaired) electrons. The van der Waals surface area contributed by atoms with Crippen LogP contribution in [0.3, 0.4) is 0 Å². The van der Waals surface area contributed by atoms with Crippen LogP contribution in [0.2, 0.25) is 15.1 Å². The monoisotopic (exact) mass is 499 g/mol. The lowest BCUT2D eigenvalue weighted by Crippen LogP contribution is -2.27. The van der Waals surface area contributed by atoms with Gasteiger partial charge >= 0.3 is 5.97 Å². The molecule has 0 spiro atoms. The van der Waals surface area contributed by atoms with Gasteiger partial charge in [0, 0.05) is 28.6 Å². The predicted octanol–water partition coefficient (Wildman–Crippen LogP) is 6.21. The van der Waals surface area contributed by atoms with E-state index in [-0.39, 0.29) is 21.8 Å². The molecule has 5 nitrogen and oxygen atoms in total. The Kier molecular flexibility index (Phi) is 6.56. The molecular weight excluding hydrogens is 485 g/mol. The number of benzene rings is 3. The lowest BCUT2D eigenvalue weighted by Gasteiger charge is -2.16. The molecule has 4 aromatic rings. The van der Waals surface area contributed by atoms with Crippen molar-refractivity contribution in [3.8, 4) is 11.1 Å². The molecule has 0 aliphatic rings. The number of ether oxygens (including phenoxy) is 1. The molecule has 0 saturated carbocycles. The van der Waals surface area contributed by atoms with Crippen molar-refractivity contribution in [3.63, 3.8) is 0 Å². The number of carbonyl (C=O) groups excluding carboxylic acids is 2. The molecule has 0 atom stereocenters. The summed E-state index contributed by atoms with van der Waals surface area (Å²) in [5, 5.41) is 2.10. The Morgan fingerprint density at radius 3 is 2.21 bits per heavy atom. The lowest BCUT2D eigenvalue weighted by atomic mass is 9.97. The highest BCUT2D eigenvalue weighted by molar-refractivity contribution is 6.42. The Bertz CT molecular complexity index is 1460. The lowest BCUT2D eigenvalue weighted by molar-refractivity contribution is 0.0465. The number of carbonyl (C=O) groups is 2. The van der Waals surface area contributed by atoms with Crippen LogP contribution in [-0.2, 0) is 11.8 Å². The second-order valence-electron chi connectivity index (χ2n) is 7.27. The van der Waals surface area contributed by atoms with Gasteiger partial charge < -0.3 is 9.30 Å². The highest BCUT2D eigenvalue weighted by Gasteiger charge is 2.24. The number of fused-ring (bicyclic) bond motifs is 1. The van der Waals surface area contributed by atoms with Crippen molar-refractivity contribution in [2.75, 3.05) is 6.61 Å². The Morgan fingerprint density at radius 2 is 1.55 bits per heavy atom. The van der Waals surface area contributed by atoms with Crippen molar-refractivity contribution in [3.05, 3.63) is 103 Å². The SMILES string of the molecule is Cn1c(C(=O)OCC(=O)c2ccc(Cl)c(Cl)c2)c(-c2ccc(Cl)cc2)c2ccccc2c1=O. The average molecular weight is 501 g/mol. The summed E-state index contributed by atoms with van der Waals surface area (Å²) < 4.78 is 6.57. The molecule has 0 aliphatic heterocycles. The quantitative estimate of drug-likeness (QED) is 0.241. The summed E-state index contributed by atoms with van der Waals surface area (Å²) in [5.74, 6) is -1.26. The zero-order valence-corrected chi connectivity index (χ0v) is 19.5. The van der Waals surface area contributed by atoms with E-state index in [0.717, 1.165) is 0 Å². The minimum absolute atomic E-state index is 0.0305. The maximum atomic E-state index is 13.2. The zero-order chi connectivity index (χ0) is 23.7. The van der Waals surface area contributed by atoms with Crippen LogP contribution >= 0.6 is 34.8 Å². The highest BCUT2D eigenvalue weighted by atomic mass is 35.5. The molecular formula is C25H16Cl3NO4. The van der Waals surface area contributed by atoms with Crippen LogP contribution in [0, 0.1) is 0 Å². The number of aromatic nitrogens is 1. The first-order valence-corrected chi connectivity index (χ1v) is 10.9. The van der Waals surface area contributed by atoms with Gasteiger partial charge in [-0.25, -0.2) is 4.79 Å². The van der Waals surface area contributed by atoms with Crippen molar-refractivity contribution < 1.29 is 14.3 Å². The van der Waals surface area contributed by atoms with Crippen LogP contribution in [0.1, 0.15) is 20.8 Å². The van der Waals surface area contributed by atoms with Crippen LogP contribution < -0.4 is 5.56 Å². The fourth-order valence-electron chi connectivity index (χ4n) is 3.57. The van der Waals surface area contributed by atoms with E-state index in [2.05, 4.69) is 0 Å². The predicted molar refractivity (Wildman–Crippen MR) is 131 cm³/mol. The molecule has 3 aromatic carbocycles. The van der Waals surface area contributed by atoms with Crippen LogP contribution in [0.5, 0.6) is 0 Å². The Hall–Kier alpha value is -3.12. The average Bonchev–Trinajstić information content (AvgIpc) is 2.82. The second-order valence-corrected chi connectivity index (χ2v) is 8.52. The maximum Gasteiger partial charge on any atom is 0.356 e. The van der Waals surface area contributed by atoms with Gasteiger partial charge in [0.1, 0.15) is 5.69 Å². The number of hydrogen-bond acceptors (Lipinski definition) is 4. The molecule has 33 heavy (non-hydrogen) atoms. The number of halogens is 3. The third-order valence-electron chi connectivity index (χ3n) is 5.21. The van der Waals surface area contributed by atoms with Crippen molar-refractivity contribution in [2.45, 2.75) is 0 Å². The van der Waals surface area contributed by atoms with Gasteiger partial charge in [0.2, 0.25) is 0 Å². The normalized spacial score (nSPS) is 10.9. The van der Waals surface area contributed by atoms with Gasteiger partial charge in [-0.15, -0.1) is 0 Å². The molecule has 0 bridgehead atoms. The molecule has 1 heterocycles. The molecule has 0 fully saturated rings. The van der Waals surface area contributed by atoms with E-state index in [9.17, 15) is 14.4 Å². The van der Waals surface area contributed by atoms with Crippen molar-refractivity contribution in [1.29, 1.82) is 0 Å².